The Hall–Kier alpha value is -2.93. The number of amides is 1. The highest BCUT2D eigenvalue weighted by Crippen LogP contribution is 2.37. The van der Waals surface area contributed by atoms with E-state index in [2.05, 4.69) is 0 Å². The van der Waals surface area contributed by atoms with E-state index in [1.54, 1.807) is 37.5 Å². The van der Waals surface area contributed by atoms with Gasteiger partial charge < -0.3 is 9.47 Å². The van der Waals surface area contributed by atoms with Gasteiger partial charge in [-0.05, 0) is 72.3 Å². The number of rotatable bonds is 6. The summed E-state index contributed by atoms with van der Waals surface area (Å²) >= 11 is 13.3. The lowest BCUT2D eigenvalue weighted by atomic mass is 10.1. The van der Waals surface area contributed by atoms with Crippen molar-refractivity contribution in [3.63, 3.8) is 0 Å². The lowest BCUT2D eigenvalue weighted by Crippen LogP contribution is -2.28. The fourth-order valence-corrected chi connectivity index (χ4v) is 4.65. The maximum absolute atomic E-state index is 13.0. The van der Waals surface area contributed by atoms with Crippen molar-refractivity contribution in [3.8, 4) is 11.5 Å². The molecule has 0 saturated carbocycles. The number of ether oxygens (including phenoxy) is 2. The van der Waals surface area contributed by atoms with Gasteiger partial charge in [0.1, 0.15) is 6.61 Å². The van der Waals surface area contributed by atoms with E-state index in [1.165, 1.54) is 4.90 Å². The lowest BCUT2D eigenvalue weighted by Gasteiger charge is -2.14. The van der Waals surface area contributed by atoms with Crippen molar-refractivity contribution < 1.29 is 14.3 Å². The number of carbonyl (C=O) groups excluding carboxylic acids is 1. The van der Waals surface area contributed by atoms with E-state index >= 15 is 0 Å². The van der Waals surface area contributed by atoms with Crippen LogP contribution in [0.2, 0.25) is 10.0 Å². The van der Waals surface area contributed by atoms with Crippen molar-refractivity contribution in [2.45, 2.75) is 13.5 Å². The number of methoxy groups -OCH3 is 1. The van der Waals surface area contributed by atoms with E-state index in [-0.39, 0.29) is 17.7 Å². The van der Waals surface area contributed by atoms with Gasteiger partial charge in [0.15, 0.2) is 16.7 Å². The predicted molar refractivity (Wildman–Crippen MR) is 136 cm³/mol. The summed E-state index contributed by atoms with van der Waals surface area (Å²) in [5, 5.41) is 9.54. The smallest absolute Gasteiger partial charge is 0.271 e. The number of nitrogens with zero attached hydrogens (tertiary/aromatic N) is 1. The Labute approximate surface area is 206 Å². The van der Waals surface area contributed by atoms with Crippen molar-refractivity contribution in [1.29, 1.82) is 5.41 Å². The number of halogens is 2. The quantitative estimate of drug-likeness (QED) is 0.373. The average Bonchev–Trinajstić information content (AvgIpc) is 3.06. The Morgan fingerprint density at radius 2 is 1.88 bits per heavy atom. The Kier molecular flexibility index (Phi) is 6.98. The highest BCUT2D eigenvalue weighted by atomic mass is 35.5. The van der Waals surface area contributed by atoms with E-state index in [0.717, 1.165) is 28.5 Å². The van der Waals surface area contributed by atoms with Gasteiger partial charge in [-0.2, -0.15) is 0 Å². The maximum atomic E-state index is 13.0. The minimum atomic E-state index is -0.229. The normalized spacial score (nSPS) is 14.8. The van der Waals surface area contributed by atoms with Crippen LogP contribution in [0.1, 0.15) is 16.7 Å². The van der Waals surface area contributed by atoms with Crippen molar-refractivity contribution in [1.82, 2.24) is 0 Å². The van der Waals surface area contributed by atoms with Gasteiger partial charge in [-0.3, -0.25) is 15.1 Å². The summed E-state index contributed by atoms with van der Waals surface area (Å²) in [5.74, 6) is 0.841. The average molecular weight is 499 g/mol. The summed E-state index contributed by atoms with van der Waals surface area (Å²) in [4.78, 5) is 14.9. The molecule has 0 aromatic heterocycles. The molecule has 3 aromatic carbocycles. The molecule has 1 aliphatic rings. The SMILES string of the molecule is COc1cc(/C=C2\SC(=N)N(c3cccc(C)c3)C2=O)ccc1OCc1ccc(Cl)cc1Cl. The largest absolute Gasteiger partial charge is 0.493 e. The molecule has 4 rings (SSSR count). The zero-order valence-electron chi connectivity index (χ0n) is 17.9. The molecule has 0 radical (unpaired) electrons. The molecule has 8 heteroatoms. The summed E-state index contributed by atoms with van der Waals surface area (Å²) in [6.07, 6.45) is 1.75. The Bertz CT molecular complexity index is 1280. The third kappa shape index (κ3) is 5.19. The molecule has 0 unspecified atom stereocenters. The van der Waals surface area contributed by atoms with Gasteiger partial charge in [-0.15, -0.1) is 0 Å². The molecule has 1 N–H and O–H groups in total. The van der Waals surface area contributed by atoms with Crippen LogP contribution in [0.15, 0.2) is 65.6 Å². The van der Waals surface area contributed by atoms with Crippen molar-refractivity contribution in [3.05, 3.63) is 92.3 Å². The minimum Gasteiger partial charge on any atom is -0.493 e. The Morgan fingerprint density at radius 1 is 1.06 bits per heavy atom. The molecule has 0 atom stereocenters. The molecule has 0 aliphatic carbocycles. The first kappa shape index (κ1) is 23.2. The second-order valence-corrected chi connectivity index (χ2v) is 9.20. The van der Waals surface area contributed by atoms with Gasteiger partial charge in [0.05, 0.1) is 17.7 Å². The zero-order valence-corrected chi connectivity index (χ0v) is 20.2. The van der Waals surface area contributed by atoms with E-state index in [4.69, 9.17) is 38.1 Å². The van der Waals surface area contributed by atoms with E-state index in [0.29, 0.717) is 32.1 Å². The molecule has 5 nitrogen and oxygen atoms in total. The van der Waals surface area contributed by atoms with Crippen LogP contribution < -0.4 is 14.4 Å². The number of aryl methyl sites for hydroxylation is 1. The number of carbonyl (C=O) groups is 1. The molecule has 1 fully saturated rings. The molecule has 0 bridgehead atoms. The van der Waals surface area contributed by atoms with Crippen LogP contribution in [0.4, 0.5) is 5.69 Å². The standard InChI is InChI=1S/C25H20Cl2N2O3S/c1-15-4-3-5-19(10-15)29-24(30)23(33-25(29)28)12-16-6-9-21(22(11-16)31-2)32-14-17-7-8-18(26)13-20(17)27/h3-13,28H,14H2,1-2H3/b23-12-,28-25?. The van der Waals surface area contributed by atoms with Gasteiger partial charge in [0.25, 0.3) is 5.91 Å². The molecular formula is C25H20Cl2N2O3S. The number of anilines is 1. The van der Waals surface area contributed by atoms with E-state index in [9.17, 15) is 4.79 Å². The van der Waals surface area contributed by atoms with Crippen LogP contribution >= 0.6 is 35.0 Å². The first-order chi connectivity index (χ1) is 15.9. The third-order valence-corrected chi connectivity index (χ3v) is 6.44. The first-order valence-corrected chi connectivity index (χ1v) is 11.6. The fraction of sp³-hybridized carbons (Fsp3) is 0.120. The van der Waals surface area contributed by atoms with Crippen LogP contribution in [0.5, 0.6) is 11.5 Å². The van der Waals surface area contributed by atoms with Crippen LogP contribution in [-0.4, -0.2) is 18.2 Å². The van der Waals surface area contributed by atoms with Crippen LogP contribution in [0.3, 0.4) is 0 Å². The summed E-state index contributed by atoms with van der Waals surface area (Å²) < 4.78 is 11.4. The summed E-state index contributed by atoms with van der Waals surface area (Å²) in [6, 6.07) is 18.2. The predicted octanol–water partition coefficient (Wildman–Crippen LogP) is 6.95. The van der Waals surface area contributed by atoms with Crippen LogP contribution in [0.25, 0.3) is 6.08 Å². The highest BCUT2D eigenvalue weighted by Gasteiger charge is 2.33. The number of amidine groups is 1. The fourth-order valence-electron chi connectivity index (χ4n) is 3.33. The molecule has 168 valence electrons. The minimum absolute atomic E-state index is 0.170. The summed E-state index contributed by atoms with van der Waals surface area (Å²) in [7, 11) is 1.55. The molecule has 1 saturated heterocycles. The number of hydrogen-bond acceptors (Lipinski definition) is 5. The number of nitrogens with one attached hydrogen (secondary N) is 1. The van der Waals surface area contributed by atoms with Crippen molar-refractivity contribution >= 4 is 57.8 Å². The molecular weight excluding hydrogens is 479 g/mol. The third-order valence-electron chi connectivity index (χ3n) is 4.97. The first-order valence-electron chi connectivity index (χ1n) is 9.99. The molecule has 1 amide bonds. The van der Waals surface area contributed by atoms with Gasteiger partial charge in [0.2, 0.25) is 0 Å². The molecule has 3 aromatic rings. The van der Waals surface area contributed by atoms with Crippen molar-refractivity contribution in [2.75, 3.05) is 12.0 Å². The van der Waals surface area contributed by atoms with Gasteiger partial charge >= 0.3 is 0 Å². The Balaban J connectivity index is 1.54. The second-order valence-electron chi connectivity index (χ2n) is 7.33. The van der Waals surface area contributed by atoms with Crippen LogP contribution in [-0.2, 0) is 11.4 Å². The zero-order chi connectivity index (χ0) is 23.5. The van der Waals surface area contributed by atoms with Gasteiger partial charge in [-0.1, -0.05) is 47.5 Å². The Morgan fingerprint density at radius 3 is 2.61 bits per heavy atom. The second kappa shape index (κ2) is 9.91. The topological polar surface area (TPSA) is 62.6 Å². The highest BCUT2D eigenvalue weighted by molar-refractivity contribution is 8.19. The van der Waals surface area contributed by atoms with Gasteiger partial charge in [-0.25, -0.2) is 0 Å². The number of hydrogen-bond donors (Lipinski definition) is 1. The van der Waals surface area contributed by atoms with Crippen molar-refractivity contribution in [2.24, 2.45) is 0 Å². The van der Waals surface area contributed by atoms with Gasteiger partial charge in [0, 0.05) is 15.6 Å². The van der Waals surface area contributed by atoms with E-state index in [1.807, 2.05) is 43.3 Å². The summed E-state index contributed by atoms with van der Waals surface area (Å²) in [6.45, 7) is 2.21. The molecule has 1 heterocycles. The number of benzene rings is 3. The molecule has 0 spiro atoms. The van der Waals surface area contributed by atoms with Crippen LogP contribution in [0, 0.1) is 12.3 Å². The maximum Gasteiger partial charge on any atom is 0.271 e. The number of thioether (sulfide) groups is 1. The molecule has 33 heavy (non-hydrogen) atoms. The monoisotopic (exact) mass is 498 g/mol. The van der Waals surface area contributed by atoms with E-state index < -0.39 is 0 Å². The molecule has 1 aliphatic heterocycles. The lowest BCUT2D eigenvalue weighted by molar-refractivity contribution is -0.113. The summed E-state index contributed by atoms with van der Waals surface area (Å²) in [5.41, 5.74) is 3.27.